The third-order valence-corrected chi connectivity index (χ3v) is 2.00. The van der Waals surface area contributed by atoms with Gasteiger partial charge in [0.1, 0.15) is 5.82 Å². The van der Waals surface area contributed by atoms with Crippen LogP contribution in [0.25, 0.3) is 0 Å². The molecule has 0 bridgehead atoms. The van der Waals surface area contributed by atoms with Gasteiger partial charge in [-0.05, 0) is 12.1 Å². The minimum atomic E-state index is -0.858. The van der Waals surface area contributed by atoms with Gasteiger partial charge < -0.3 is 10.5 Å². The Morgan fingerprint density at radius 2 is 2.06 bits per heavy atom. The highest BCUT2D eigenvalue weighted by Gasteiger charge is 2.12. The van der Waals surface area contributed by atoms with Crippen LogP contribution in [0.3, 0.4) is 0 Å². The zero-order valence-corrected chi connectivity index (χ0v) is 8.91. The molecule has 18 heavy (non-hydrogen) atoms. The van der Waals surface area contributed by atoms with Crippen molar-refractivity contribution >= 4 is 11.5 Å². The van der Waals surface area contributed by atoms with Crippen molar-refractivity contribution in [2.75, 3.05) is 5.73 Å². The van der Waals surface area contributed by atoms with E-state index in [1.807, 2.05) is 0 Å². The maximum atomic E-state index is 13.5. The number of non-ortho nitro benzene ring substituents is 1. The quantitative estimate of drug-likeness (QED) is 0.658. The van der Waals surface area contributed by atoms with Crippen LogP contribution in [-0.2, 0) is 0 Å². The van der Waals surface area contributed by atoms with Crippen molar-refractivity contribution in [2.45, 2.75) is 0 Å². The Bertz CT molecular complexity index is 588. The van der Waals surface area contributed by atoms with Crippen LogP contribution >= 0.6 is 0 Å². The minimum absolute atomic E-state index is 0.0388. The third kappa shape index (κ3) is 2.48. The summed E-state index contributed by atoms with van der Waals surface area (Å²) < 4.78 is 18.5. The lowest BCUT2D eigenvalue weighted by molar-refractivity contribution is -0.385. The normalized spacial score (nSPS) is 10.1. The first kappa shape index (κ1) is 11.7. The average Bonchev–Trinajstić information content (AvgIpc) is 2.34. The van der Waals surface area contributed by atoms with Crippen LogP contribution in [0.15, 0.2) is 30.3 Å². The van der Waals surface area contributed by atoms with E-state index >= 15 is 0 Å². The van der Waals surface area contributed by atoms with Gasteiger partial charge in [-0.2, -0.15) is 0 Å². The van der Waals surface area contributed by atoms with Crippen LogP contribution in [0.4, 0.5) is 15.9 Å². The molecule has 0 aliphatic carbocycles. The van der Waals surface area contributed by atoms with Crippen LogP contribution in [0, 0.1) is 15.9 Å². The zero-order valence-electron chi connectivity index (χ0n) is 8.91. The van der Waals surface area contributed by atoms with Crippen LogP contribution in [0.2, 0.25) is 0 Å². The second-order valence-electron chi connectivity index (χ2n) is 3.27. The van der Waals surface area contributed by atoms with E-state index in [4.69, 9.17) is 10.5 Å². The molecule has 2 N–H and O–H groups in total. The highest BCUT2D eigenvalue weighted by molar-refractivity contribution is 5.39. The Morgan fingerprint density at radius 3 is 2.61 bits per heavy atom. The molecule has 0 saturated carbocycles. The van der Waals surface area contributed by atoms with E-state index in [-0.39, 0.29) is 23.1 Å². The average molecular weight is 250 g/mol. The molecule has 0 fully saturated rings. The topological polar surface area (TPSA) is 104 Å². The molecule has 0 aliphatic heterocycles. The summed E-state index contributed by atoms with van der Waals surface area (Å²) in [6.45, 7) is 0. The van der Waals surface area contributed by atoms with Crippen molar-refractivity contribution in [1.29, 1.82) is 0 Å². The summed E-state index contributed by atoms with van der Waals surface area (Å²) in [6.07, 6.45) is 0. The molecule has 0 unspecified atom stereocenters. The number of rotatable bonds is 3. The Labute approximate surface area is 100 Å². The second kappa shape index (κ2) is 4.62. The third-order valence-electron chi connectivity index (χ3n) is 2.00. The van der Waals surface area contributed by atoms with Gasteiger partial charge in [-0.1, -0.05) is 0 Å². The van der Waals surface area contributed by atoms with Crippen LogP contribution in [-0.4, -0.2) is 15.1 Å². The highest BCUT2D eigenvalue weighted by atomic mass is 19.1. The molecule has 1 aromatic heterocycles. The van der Waals surface area contributed by atoms with Crippen molar-refractivity contribution in [3.8, 4) is 11.6 Å². The summed E-state index contributed by atoms with van der Waals surface area (Å²) in [6, 6.07) is 5.88. The number of nitro benzene ring substituents is 1. The number of nitro groups is 1. The fourth-order valence-corrected chi connectivity index (χ4v) is 1.18. The van der Waals surface area contributed by atoms with Gasteiger partial charge in [0, 0.05) is 12.1 Å². The van der Waals surface area contributed by atoms with Gasteiger partial charge in [-0.3, -0.25) is 10.1 Å². The zero-order chi connectivity index (χ0) is 13.1. The lowest BCUT2D eigenvalue weighted by Gasteiger charge is -2.04. The number of anilines is 1. The molecule has 1 aromatic carbocycles. The van der Waals surface area contributed by atoms with Gasteiger partial charge in [0.05, 0.1) is 11.0 Å². The van der Waals surface area contributed by atoms with Gasteiger partial charge in [0.2, 0.25) is 5.88 Å². The SMILES string of the molecule is Nc1ccc(Oc2ccc([N+](=O)[O-])cc2F)nn1. The predicted molar refractivity (Wildman–Crippen MR) is 59.6 cm³/mol. The highest BCUT2D eigenvalue weighted by Crippen LogP contribution is 2.26. The number of nitrogens with two attached hydrogens (primary N) is 1. The van der Waals surface area contributed by atoms with E-state index in [0.717, 1.165) is 18.2 Å². The largest absolute Gasteiger partial charge is 0.434 e. The van der Waals surface area contributed by atoms with Crippen molar-refractivity contribution in [2.24, 2.45) is 0 Å². The number of benzene rings is 1. The van der Waals surface area contributed by atoms with Crippen LogP contribution in [0.5, 0.6) is 11.6 Å². The van der Waals surface area contributed by atoms with E-state index in [1.165, 1.54) is 12.1 Å². The smallest absolute Gasteiger partial charge is 0.272 e. The Balaban J connectivity index is 2.24. The summed E-state index contributed by atoms with van der Waals surface area (Å²) >= 11 is 0. The first-order chi connectivity index (χ1) is 8.56. The molecular weight excluding hydrogens is 243 g/mol. The van der Waals surface area contributed by atoms with E-state index in [1.54, 1.807) is 0 Å². The molecule has 0 amide bonds. The first-order valence-electron chi connectivity index (χ1n) is 4.77. The van der Waals surface area contributed by atoms with E-state index in [0.29, 0.717) is 0 Å². The molecular formula is C10H7FN4O3. The molecule has 2 rings (SSSR count). The van der Waals surface area contributed by atoms with Crippen molar-refractivity contribution in [1.82, 2.24) is 10.2 Å². The van der Waals surface area contributed by atoms with Crippen molar-refractivity contribution < 1.29 is 14.1 Å². The molecule has 0 spiro atoms. The molecule has 0 radical (unpaired) electrons. The van der Waals surface area contributed by atoms with Crippen molar-refractivity contribution in [3.63, 3.8) is 0 Å². The summed E-state index contributed by atoms with van der Waals surface area (Å²) in [5.74, 6) is -0.800. The number of nitrogen functional groups attached to an aromatic ring is 1. The maximum absolute atomic E-state index is 13.5. The molecule has 0 saturated heterocycles. The number of halogens is 1. The number of nitrogens with zero attached hydrogens (tertiary/aromatic N) is 3. The van der Waals surface area contributed by atoms with E-state index < -0.39 is 10.7 Å². The van der Waals surface area contributed by atoms with E-state index in [9.17, 15) is 14.5 Å². The summed E-state index contributed by atoms with van der Waals surface area (Å²) in [7, 11) is 0. The van der Waals surface area contributed by atoms with Gasteiger partial charge in [-0.15, -0.1) is 10.2 Å². The number of aromatic nitrogens is 2. The van der Waals surface area contributed by atoms with Gasteiger partial charge in [-0.25, -0.2) is 4.39 Å². The fraction of sp³-hybridized carbons (Fsp3) is 0. The molecule has 0 aliphatic rings. The number of hydrogen-bond donors (Lipinski definition) is 1. The maximum Gasteiger partial charge on any atom is 0.272 e. The Morgan fingerprint density at radius 1 is 1.28 bits per heavy atom. The molecule has 7 nitrogen and oxygen atoms in total. The molecule has 92 valence electrons. The number of hydrogen-bond acceptors (Lipinski definition) is 6. The standard InChI is InChI=1S/C10H7FN4O3/c11-7-5-6(15(16)17)1-2-8(7)18-10-4-3-9(12)13-14-10/h1-5H,(H2,12,13). The van der Waals surface area contributed by atoms with Gasteiger partial charge in [0.25, 0.3) is 5.69 Å². The summed E-state index contributed by atoms with van der Waals surface area (Å²) in [4.78, 5) is 9.72. The first-order valence-corrected chi connectivity index (χ1v) is 4.77. The Kier molecular flexibility index (Phi) is 3.00. The minimum Gasteiger partial charge on any atom is -0.434 e. The number of ether oxygens (including phenoxy) is 1. The fourth-order valence-electron chi connectivity index (χ4n) is 1.18. The summed E-state index contributed by atoms with van der Waals surface area (Å²) in [5, 5.41) is 17.5. The van der Waals surface area contributed by atoms with Crippen LogP contribution in [0.1, 0.15) is 0 Å². The lowest BCUT2D eigenvalue weighted by Crippen LogP contribution is -1.96. The Hall–Kier alpha value is -2.77. The molecule has 8 heteroatoms. The molecule has 0 atom stereocenters. The molecule has 1 heterocycles. The molecule has 2 aromatic rings. The second-order valence-corrected chi connectivity index (χ2v) is 3.27. The predicted octanol–water partition coefficient (Wildman–Crippen LogP) is 1.90. The monoisotopic (exact) mass is 250 g/mol. The van der Waals surface area contributed by atoms with Crippen molar-refractivity contribution in [3.05, 3.63) is 46.3 Å². The van der Waals surface area contributed by atoms with E-state index in [2.05, 4.69) is 10.2 Å². The van der Waals surface area contributed by atoms with Gasteiger partial charge >= 0.3 is 0 Å². The lowest BCUT2D eigenvalue weighted by atomic mass is 10.3. The van der Waals surface area contributed by atoms with Crippen LogP contribution < -0.4 is 10.5 Å². The summed E-state index contributed by atoms with van der Waals surface area (Å²) in [5.41, 5.74) is 4.97. The van der Waals surface area contributed by atoms with Gasteiger partial charge in [0.15, 0.2) is 11.6 Å².